The molecule has 1 saturated carbocycles. The molecule has 2 aliphatic rings. The van der Waals surface area contributed by atoms with Crippen molar-refractivity contribution in [1.82, 2.24) is 35.3 Å². The summed E-state index contributed by atoms with van der Waals surface area (Å²) in [7, 11) is 3.48. The van der Waals surface area contributed by atoms with Crippen LogP contribution in [-0.2, 0) is 6.54 Å². The number of nitrogens with zero attached hydrogens (tertiary/aromatic N) is 5. The molecule has 1 aliphatic carbocycles. The smallest absolute Gasteiger partial charge is 0.319 e. The summed E-state index contributed by atoms with van der Waals surface area (Å²) in [5.41, 5.74) is 2.54. The van der Waals surface area contributed by atoms with Crippen molar-refractivity contribution in [2.24, 2.45) is 0 Å². The fourth-order valence-corrected chi connectivity index (χ4v) is 4.86. The molecular weight excluding hydrogens is 503 g/mol. The summed E-state index contributed by atoms with van der Waals surface area (Å²) in [6, 6.07) is 6.74. The molecule has 6 rings (SSSR count). The van der Waals surface area contributed by atoms with Crippen LogP contribution < -0.4 is 10.6 Å². The summed E-state index contributed by atoms with van der Waals surface area (Å²) >= 11 is 0. The molecule has 3 amide bonds. The van der Waals surface area contributed by atoms with Crippen LogP contribution in [0.25, 0.3) is 22.2 Å². The number of carbonyl (C=O) groups is 2. The molecular formula is C27H29FN8O3. The molecule has 4 heterocycles. The molecule has 1 atom stereocenters. The lowest BCUT2D eigenvalue weighted by Gasteiger charge is -2.21. The number of aromatic amines is 1. The van der Waals surface area contributed by atoms with E-state index in [1.165, 1.54) is 12.3 Å². The molecule has 1 aliphatic heterocycles. The number of halogens is 1. The largest absolute Gasteiger partial charge is 0.448 e. The summed E-state index contributed by atoms with van der Waals surface area (Å²) < 4.78 is 20.5. The number of urea groups is 1. The molecule has 202 valence electrons. The van der Waals surface area contributed by atoms with E-state index in [1.54, 1.807) is 36.2 Å². The van der Waals surface area contributed by atoms with Crippen molar-refractivity contribution in [2.75, 3.05) is 32.5 Å². The van der Waals surface area contributed by atoms with Gasteiger partial charge in [-0.15, -0.1) is 0 Å². The number of nitrogens with one attached hydrogen (secondary N) is 3. The lowest BCUT2D eigenvalue weighted by Crippen LogP contribution is -2.38. The van der Waals surface area contributed by atoms with Gasteiger partial charge in [0, 0.05) is 57.4 Å². The maximum atomic E-state index is 15.2. The van der Waals surface area contributed by atoms with Gasteiger partial charge < -0.3 is 24.9 Å². The highest BCUT2D eigenvalue weighted by molar-refractivity contribution is 6.00. The van der Waals surface area contributed by atoms with E-state index >= 15 is 4.39 Å². The Balaban J connectivity index is 1.17. The summed E-state index contributed by atoms with van der Waals surface area (Å²) in [5.74, 6) is 0.647. The second-order valence-electron chi connectivity index (χ2n) is 10.2. The van der Waals surface area contributed by atoms with Crippen molar-refractivity contribution in [3.8, 4) is 11.1 Å². The molecule has 0 radical (unpaired) electrons. The SMILES string of the molecule is CN(C)C(=O)N1CC[C@@H](Nc2n[nH]c3nccc(-c4ccc(CNC(=O)c5coc(C6CC6)n5)c(F)c4)c23)C1. The Morgan fingerprint density at radius 1 is 1.23 bits per heavy atom. The van der Waals surface area contributed by atoms with E-state index in [2.05, 4.69) is 30.8 Å². The van der Waals surface area contributed by atoms with Crippen molar-refractivity contribution >= 4 is 28.8 Å². The number of pyridine rings is 1. The van der Waals surface area contributed by atoms with Crippen molar-refractivity contribution in [3.63, 3.8) is 0 Å². The third-order valence-electron chi connectivity index (χ3n) is 7.13. The molecule has 0 spiro atoms. The van der Waals surface area contributed by atoms with Crippen LogP contribution in [0.15, 0.2) is 41.1 Å². The third-order valence-corrected chi connectivity index (χ3v) is 7.13. The molecule has 11 nitrogen and oxygen atoms in total. The van der Waals surface area contributed by atoms with E-state index < -0.39 is 11.7 Å². The molecule has 3 N–H and O–H groups in total. The number of anilines is 1. The van der Waals surface area contributed by atoms with Gasteiger partial charge in [-0.05, 0) is 42.5 Å². The maximum Gasteiger partial charge on any atom is 0.319 e. The van der Waals surface area contributed by atoms with Gasteiger partial charge in [0.15, 0.2) is 23.0 Å². The molecule has 3 aromatic heterocycles. The van der Waals surface area contributed by atoms with Crippen LogP contribution >= 0.6 is 0 Å². The monoisotopic (exact) mass is 532 g/mol. The predicted octanol–water partition coefficient (Wildman–Crippen LogP) is 3.73. The van der Waals surface area contributed by atoms with Gasteiger partial charge in [-0.3, -0.25) is 9.89 Å². The van der Waals surface area contributed by atoms with Gasteiger partial charge in [-0.25, -0.2) is 19.2 Å². The number of amides is 3. The van der Waals surface area contributed by atoms with Gasteiger partial charge in [-0.1, -0.05) is 12.1 Å². The summed E-state index contributed by atoms with van der Waals surface area (Å²) in [4.78, 5) is 36.8. The van der Waals surface area contributed by atoms with Crippen molar-refractivity contribution < 1.29 is 18.4 Å². The maximum absolute atomic E-state index is 15.2. The Morgan fingerprint density at radius 2 is 2.08 bits per heavy atom. The standard InChI is InChI=1S/C27H29FN8O3/c1-35(2)27(38)36-10-8-18(13-36)31-24-22-19(7-9-29-23(22)33-34-24)16-5-6-17(20(28)11-16)12-30-25(37)21-14-39-26(32-21)15-3-4-15/h5-7,9,11,14-15,18H,3-4,8,10,12-13H2,1-2H3,(H,30,37)(H2,29,31,33,34)/t18-/m1/s1. The minimum Gasteiger partial charge on any atom is -0.448 e. The third kappa shape index (κ3) is 5.01. The summed E-state index contributed by atoms with van der Waals surface area (Å²) in [5, 5.41) is 14.3. The fourth-order valence-electron chi connectivity index (χ4n) is 4.86. The van der Waals surface area contributed by atoms with E-state index in [0.29, 0.717) is 47.5 Å². The van der Waals surface area contributed by atoms with E-state index in [4.69, 9.17) is 4.42 Å². The highest BCUT2D eigenvalue weighted by Crippen LogP contribution is 2.39. The fraction of sp³-hybridized carbons (Fsp3) is 0.370. The molecule has 2 fully saturated rings. The number of hydrogen-bond acceptors (Lipinski definition) is 7. The first-order valence-electron chi connectivity index (χ1n) is 13.0. The number of carbonyl (C=O) groups excluding carboxylic acids is 2. The summed E-state index contributed by atoms with van der Waals surface area (Å²) in [6.45, 7) is 1.24. The van der Waals surface area contributed by atoms with Crippen LogP contribution in [-0.4, -0.2) is 75.1 Å². The average molecular weight is 533 g/mol. The Hall–Kier alpha value is -4.48. The zero-order valence-electron chi connectivity index (χ0n) is 21.7. The van der Waals surface area contributed by atoms with Crippen molar-refractivity contribution in [1.29, 1.82) is 0 Å². The number of rotatable bonds is 7. The lowest BCUT2D eigenvalue weighted by atomic mass is 10.0. The van der Waals surface area contributed by atoms with E-state index in [-0.39, 0.29) is 24.3 Å². The average Bonchev–Trinajstić information content (AvgIpc) is 3.30. The molecule has 1 aromatic carbocycles. The minimum atomic E-state index is -0.441. The molecule has 39 heavy (non-hydrogen) atoms. The second kappa shape index (κ2) is 10.0. The van der Waals surface area contributed by atoms with Crippen molar-refractivity contribution in [3.05, 3.63) is 59.7 Å². The molecule has 0 unspecified atom stereocenters. The number of aromatic nitrogens is 4. The Morgan fingerprint density at radius 3 is 2.85 bits per heavy atom. The second-order valence-corrected chi connectivity index (χ2v) is 10.2. The first-order valence-corrected chi connectivity index (χ1v) is 13.0. The van der Waals surface area contributed by atoms with Crippen LogP contribution in [0.1, 0.15) is 47.1 Å². The topological polar surface area (TPSA) is 132 Å². The minimum absolute atomic E-state index is 0.0185. The van der Waals surface area contributed by atoms with Gasteiger partial charge in [0.25, 0.3) is 5.91 Å². The number of benzene rings is 1. The Bertz CT molecular complexity index is 1540. The molecule has 12 heteroatoms. The zero-order chi connectivity index (χ0) is 27.1. The van der Waals surface area contributed by atoms with Gasteiger partial charge in [0.05, 0.1) is 5.39 Å². The van der Waals surface area contributed by atoms with Crippen LogP contribution in [0, 0.1) is 5.82 Å². The van der Waals surface area contributed by atoms with Crippen LogP contribution in [0.4, 0.5) is 15.0 Å². The summed E-state index contributed by atoms with van der Waals surface area (Å²) in [6.07, 6.45) is 5.82. The van der Waals surface area contributed by atoms with E-state index in [1.807, 2.05) is 12.1 Å². The Labute approximate surface area is 223 Å². The highest BCUT2D eigenvalue weighted by atomic mass is 19.1. The van der Waals surface area contributed by atoms with Crippen LogP contribution in [0.5, 0.6) is 0 Å². The highest BCUT2D eigenvalue weighted by Gasteiger charge is 2.30. The van der Waals surface area contributed by atoms with E-state index in [9.17, 15) is 9.59 Å². The number of hydrogen-bond donors (Lipinski definition) is 3. The lowest BCUT2D eigenvalue weighted by molar-refractivity contribution is 0.0945. The number of H-pyrrole nitrogens is 1. The first kappa shape index (κ1) is 24.8. The van der Waals surface area contributed by atoms with Gasteiger partial charge in [-0.2, -0.15) is 5.10 Å². The zero-order valence-corrected chi connectivity index (χ0v) is 21.7. The molecule has 1 saturated heterocycles. The molecule has 4 aromatic rings. The van der Waals surface area contributed by atoms with E-state index in [0.717, 1.165) is 30.2 Å². The van der Waals surface area contributed by atoms with Crippen LogP contribution in [0.3, 0.4) is 0 Å². The first-order chi connectivity index (χ1) is 18.9. The number of likely N-dealkylation sites (tertiary alicyclic amines) is 1. The van der Waals surface area contributed by atoms with Crippen LogP contribution in [0.2, 0.25) is 0 Å². The number of oxazole rings is 1. The molecule has 0 bridgehead atoms. The van der Waals surface area contributed by atoms with Gasteiger partial charge in [0.2, 0.25) is 0 Å². The Kier molecular flexibility index (Phi) is 6.37. The normalized spacial score (nSPS) is 17.0. The van der Waals surface area contributed by atoms with Gasteiger partial charge in [0.1, 0.15) is 12.1 Å². The van der Waals surface area contributed by atoms with Crippen molar-refractivity contribution in [2.45, 2.75) is 37.8 Å². The quantitative estimate of drug-likeness (QED) is 0.330. The number of fused-ring (bicyclic) bond motifs is 1. The predicted molar refractivity (Wildman–Crippen MR) is 142 cm³/mol. The van der Waals surface area contributed by atoms with Gasteiger partial charge >= 0.3 is 6.03 Å².